The lowest BCUT2D eigenvalue weighted by atomic mass is 10.0. The number of ether oxygens (including phenoxy) is 2. The number of carbonyl (C=O) groups is 2. The molecule has 3 rings (SSSR count). The van der Waals surface area contributed by atoms with Crippen molar-refractivity contribution in [3.63, 3.8) is 0 Å². The third-order valence-electron chi connectivity index (χ3n) is 4.51. The quantitative estimate of drug-likeness (QED) is 0.451. The van der Waals surface area contributed by atoms with E-state index in [1.54, 1.807) is 37.3 Å². The van der Waals surface area contributed by atoms with Gasteiger partial charge in [0, 0.05) is 11.5 Å². The van der Waals surface area contributed by atoms with Crippen LogP contribution in [0.15, 0.2) is 54.6 Å². The molecular weight excluding hydrogens is 380 g/mol. The molecule has 0 saturated heterocycles. The molecule has 150 valence electrons. The number of rotatable bonds is 6. The molecule has 0 radical (unpaired) electrons. The van der Waals surface area contributed by atoms with Gasteiger partial charge in [0.05, 0.1) is 35.0 Å². The molecule has 2 aromatic carbocycles. The normalized spacial score (nSPS) is 10.7. The zero-order chi connectivity index (χ0) is 21.5. The highest BCUT2D eigenvalue weighted by molar-refractivity contribution is 5.98. The monoisotopic (exact) mass is 400 g/mol. The van der Waals surface area contributed by atoms with Gasteiger partial charge in [-0.05, 0) is 49.2 Å². The lowest BCUT2D eigenvalue weighted by Gasteiger charge is -2.13. The number of nitriles is 1. The summed E-state index contributed by atoms with van der Waals surface area (Å²) in [6, 6.07) is 16.3. The summed E-state index contributed by atoms with van der Waals surface area (Å²) in [6.45, 7) is 3.63. The van der Waals surface area contributed by atoms with Crippen LogP contribution in [0.5, 0.6) is 0 Å². The Morgan fingerprint density at radius 3 is 2.53 bits per heavy atom. The number of nitrogens with zero attached hydrogens (tertiary/aromatic N) is 2. The van der Waals surface area contributed by atoms with Crippen molar-refractivity contribution in [3.8, 4) is 6.07 Å². The van der Waals surface area contributed by atoms with E-state index in [0.717, 1.165) is 16.5 Å². The summed E-state index contributed by atoms with van der Waals surface area (Å²) in [4.78, 5) is 29.2. The standard InChI is InChI=1S/C24H20N2O4/c1-3-29-24(28)23-16(2)19-6-4-5-7-20(19)26-21(23)15-30-22(27)13-12-17-8-10-18(14-25)11-9-17/h4-13H,3,15H2,1-2H3/b13-12+. The number of carbonyl (C=O) groups excluding carboxylic acids is 2. The lowest BCUT2D eigenvalue weighted by Crippen LogP contribution is -2.14. The van der Waals surface area contributed by atoms with Gasteiger partial charge in [0.2, 0.25) is 0 Å². The van der Waals surface area contributed by atoms with Gasteiger partial charge in [-0.15, -0.1) is 0 Å². The van der Waals surface area contributed by atoms with Gasteiger partial charge in [0.15, 0.2) is 0 Å². The second-order valence-electron chi connectivity index (χ2n) is 6.47. The van der Waals surface area contributed by atoms with Gasteiger partial charge in [-0.2, -0.15) is 5.26 Å². The molecular formula is C24H20N2O4. The van der Waals surface area contributed by atoms with Crippen LogP contribution in [0.25, 0.3) is 17.0 Å². The van der Waals surface area contributed by atoms with Gasteiger partial charge in [-0.25, -0.2) is 14.6 Å². The van der Waals surface area contributed by atoms with E-state index in [1.807, 2.05) is 37.3 Å². The molecule has 0 atom stereocenters. The van der Waals surface area contributed by atoms with Crippen LogP contribution in [0, 0.1) is 18.3 Å². The first-order valence-electron chi connectivity index (χ1n) is 9.43. The number of aryl methyl sites for hydroxylation is 1. The fourth-order valence-electron chi connectivity index (χ4n) is 3.04. The Hall–Kier alpha value is -3.98. The predicted molar refractivity (Wildman–Crippen MR) is 112 cm³/mol. The minimum atomic E-state index is -0.568. The number of pyridine rings is 1. The lowest BCUT2D eigenvalue weighted by molar-refractivity contribution is -0.139. The van der Waals surface area contributed by atoms with Crippen molar-refractivity contribution in [2.45, 2.75) is 20.5 Å². The molecule has 1 heterocycles. The Morgan fingerprint density at radius 1 is 1.10 bits per heavy atom. The van der Waals surface area contributed by atoms with Crippen LogP contribution >= 0.6 is 0 Å². The van der Waals surface area contributed by atoms with Gasteiger partial charge in [-0.3, -0.25) is 0 Å². The zero-order valence-corrected chi connectivity index (χ0v) is 16.7. The van der Waals surface area contributed by atoms with Gasteiger partial charge >= 0.3 is 11.9 Å². The van der Waals surface area contributed by atoms with Crippen LogP contribution in [-0.4, -0.2) is 23.5 Å². The smallest absolute Gasteiger partial charge is 0.340 e. The molecule has 0 amide bonds. The number of fused-ring (bicyclic) bond motifs is 1. The van der Waals surface area contributed by atoms with E-state index in [0.29, 0.717) is 22.3 Å². The van der Waals surface area contributed by atoms with Crippen molar-refractivity contribution in [2.75, 3.05) is 6.61 Å². The first-order chi connectivity index (χ1) is 14.5. The summed E-state index contributed by atoms with van der Waals surface area (Å²) in [6.07, 6.45) is 2.88. The molecule has 0 aliphatic heterocycles. The molecule has 0 aliphatic carbocycles. The highest BCUT2D eigenvalue weighted by atomic mass is 16.5. The Morgan fingerprint density at radius 2 is 1.83 bits per heavy atom. The van der Waals surface area contributed by atoms with Crippen molar-refractivity contribution < 1.29 is 19.1 Å². The highest BCUT2D eigenvalue weighted by Crippen LogP contribution is 2.24. The first-order valence-corrected chi connectivity index (χ1v) is 9.43. The SMILES string of the molecule is CCOC(=O)c1c(COC(=O)/C=C/c2ccc(C#N)cc2)nc2ccccc2c1C. The molecule has 3 aromatic rings. The maximum atomic E-state index is 12.5. The van der Waals surface area contributed by atoms with E-state index in [9.17, 15) is 9.59 Å². The minimum Gasteiger partial charge on any atom is -0.462 e. The second kappa shape index (κ2) is 9.48. The summed E-state index contributed by atoms with van der Waals surface area (Å²) < 4.78 is 10.5. The van der Waals surface area contributed by atoms with E-state index < -0.39 is 11.9 Å². The molecule has 6 nitrogen and oxygen atoms in total. The average Bonchev–Trinajstić information content (AvgIpc) is 2.76. The summed E-state index contributed by atoms with van der Waals surface area (Å²) in [7, 11) is 0. The van der Waals surface area contributed by atoms with Crippen LogP contribution in [0.4, 0.5) is 0 Å². The molecule has 1 aromatic heterocycles. The van der Waals surface area contributed by atoms with Crippen LogP contribution < -0.4 is 0 Å². The summed E-state index contributed by atoms with van der Waals surface area (Å²) in [5, 5.41) is 9.67. The van der Waals surface area contributed by atoms with E-state index in [-0.39, 0.29) is 13.2 Å². The summed E-state index contributed by atoms with van der Waals surface area (Å²) in [5.41, 5.74) is 3.42. The Balaban J connectivity index is 1.81. The largest absolute Gasteiger partial charge is 0.462 e. The van der Waals surface area contributed by atoms with Crippen molar-refractivity contribution in [1.29, 1.82) is 5.26 Å². The average molecular weight is 400 g/mol. The molecule has 0 saturated carbocycles. The Bertz CT molecular complexity index is 1160. The number of aromatic nitrogens is 1. The molecule has 0 fully saturated rings. The number of hydrogen-bond acceptors (Lipinski definition) is 6. The molecule has 0 spiro atoms. The summed E-state index contributed by atoms with van der Waals surface area (Å²) in [5.74, 6) is -1.06. The van der Waals surface area contributed by atoms with Crippen molar-refractivity contribution >= 4 is 28.9 Å². The van der Waals surface area contributed by atoms with Gasteiger partial charge in [-0.1, -0.05) is 30.3 Å². The van der Waals surface area contributed by atoms with E-state index in [2.05, 4.69) is 4.98 Å². The minimum absolute atomic E-state index is 0.156. The maximum absolute atomic E-state index is 12.5. The Labute approximate surface area is 174 Å². The topological polar surface area (TPSA) is 89.3 Å². The van der Waals surface area contributed by atoms with Gasteiger partial charge in [0.1, 0.15) is 6.61 Å². The summed E-state index contributed by atoms with van der Waals surface area (Å²) >= 11 is 0. The molecule has 0 aliphatic rings. The third-order valence-corrected chi connectivity index (χ3v) is 4.51. The number of hydrogen-bond donors (Lipinski definition) is 0. The van der Waals surface area contributed by atoms with Gasteiger partial charge in [0.25, 0.3) is 0 Å². The predicted octanol–water partition coefficient (Wildman–Crippen LogP) is 4.35. The van der Waals surface area contributed by atoms with Crippen LogP contribution in [-0.2, 0) is 20.9 Å². The fourth-order valence-corrected chi connectivity index (χ4v) is 3.04. The molecule has 0 unspecified atom stereocenters. The van der Waals surface area contributed by atoms with Crippen molar-refractivity contribution in [3.05, 3.63) is 82.6 Å². The van der Waals surface area contributed by atoms with Crippen molar-refractivity contribution in [1.82, 2.24) is 4.98 Å². The highest BCUT2D eigenvalue weighted by Gasteiger charge is 2.20. The van der Waals surface area contributed by atoms with E-state index in [1.165, 1.54) is 6.08 Å². The molecule has 6 heteroatoms. The van der Waals surface area contributed by atoms with Crippen LogP contribution in [0.1, 0.15) is 39.7 Å². The fraction of sp³-hybridized carbons (Fsp3) is 0.167. The zero-order valence-electron chi connectivity index (χ0n) is 16.7. The number of benzene rings is 2. The third kappa shape index (κ3) is 4.70. The van der Waals surface area contributed by atoms with Crippen LogP contribution in [0.3, 0.4) is 0 Å². The number of para-hydroxylation sites is 1. The number of esters is 2. The van der Waals surface area contributed by atoms with Crippen LogP contribution in [0.2, 0.25) is 0 Å². The molecule has 30 heavy (non-hydrogen) atoms. The van der Waals surface area contributed by atoms with E-state index >= 15 is 0 Å². The van der Waals surface area contributed by atoms with E-state index in [4.69, 9.17) is 14.7 Å². The first kappa shape index (κ1) is 20.7. The molecule has 0 N–H and O–H groups in total. The Kier molecular flexibility index (Phi) is 6.56. The molecule has 0 bridgehead atoms. The van der Waals surface area contributed by atoms with Gasteiger partial charge < -0.3 is 9.47 Å². The second-order valence-corrected chi connectivity index (χ2v) is 6.47. The maximum Gasteiger partial charge on any atom is 0.340 e. The van der Waals surface area contributed by atoms with Crippen molar-refractivity contribution in [2.24, 2.45) is 0 Å².